The van der Waals surface area contributed by atoms with Crippen LogP contribution in [0, 0.1) is 0 Å². The van der Waals surface area contributed by atoms with Gasteiger partial charge in [-0.3, -0.25) is 0 Å². The van der Waals surface area contributed by atoms with Gasteiger partial charge in [0, 0.05) is 47.8 Å². The normalized spacial score (nSPS) is 16.5. The minimum absolute atomic E-state index is 0.0462. The number of anilines is 6. The van der Waals surface area contributed by atoms with Gasteiger partial charge in [-0.1, -0.05) is 227 Å². The van der Waals surface area contributed by atoms with Crippen molar-refractivity contribution >= 4 is 65.6 Å². The molecule has 3 aliphatic rings. The van der Waals surface area contributed by atoms with Gasteiger partial charge in [0.05, 0.1) is 22.7 Å². The Balaban J connectivity index is 0.000000344. The van der Waals surface area contributed by atoms with Crippen molar-refractivity contribution in [2.75, 3.05) is 9.80 Å². The minimum Gasteiger partial charge on any atom is -0.310 e. The summed E-state index contributed by atoms with van der Waals surface area (Å²) in [4.78, 5) is 5.08. The average Bonchev–Trinajstić information content (AvgIpc) is 3.50. The smallest absolute Gasteiger partial charge is 0.0502 e. The topological polar surface area (TPSA) is 6.48 Å². The van der Waals surface area contributed by atoms with Crippen LogP contribution in [0.15, 0.2) is 121 Å². The molecule has 0 saturated carbocycles. The number of hydrogen-bond acceptors (Lipinski definition) is 3. The standard InChI is InChI=1S/C58H66N2S.C17H26/c1-53(2,3)35-17-23-47-43(29-35)57(13,14)44-30-36(54(4,5)6)18-24-48(44)59(47)39-21-27-51-41(33-39)42-34-40(22-28-52(42)61-51)60-49-25-19-37(55(7,8)9)31-45(49)58(15,16)46-32-38(56(10,11)12)20-26-50(46)60;1-15(2,3)11-9-12(16(4,5)6)14-13(10-11)17(14,7)8/h17-34H,1-16H3;9-10H,1-8H3. The second kappa shape index (κ2) is 17.7. The highest BCUT2D eigenvalue weighted by molar-refractivity contribution is 7.25. The van der Waals surface area contributed by atoms with Crippen LogP contribution in [0.3, 0.4) is 0 Å². The van der Waals surface area contributed by atoms with Gasteiger partial charge >= 0.3 is 0 Å². The number of thiophene rings is 1. The highest BCUT2D eigenvalue weighted by Gasteiger charge is 2.47. The van der Waals surface area contributed by atoms with Gasteiger partial charge in [0.1, 0.15) is 0 Å². The average molecular weight is 1050 g/mol. The van der Waals surface area contributed by atoms with E-state index in [1.807, 2.05) is 11.3 Å². The first kappa shape index (κ1) is 55.7. The molecule has 0 atom stereocenters. The fourth-order valence-corrected chi connectivity index (χ4v) is 13.7. The number of benzene rings is 7. The van der Waals surface area contributed by atoms with E-state index in [2.05, 4.69) is 297 Å². The lowest BCUT2D eigenvalue weighted by atomic mass is 9.70. The molecule has 0 N–H and O–H groups in total. The van der Waals surface area contributed by atoms with E-state index in [0.717, 1.165) is 0 Å². The third kappa shape index (κ3) is 9.34. The van der Waals surface area contributed by atoms with E-state index >= 15 is 0 Å². The molecule has 78 heavy (non-hydrogen) atoms. The second-order valence-corrected chi connectivity index (χ2v) is 32.5. The third-order valence-corrected chi connectivity index (χ3v) is 19.3. The Morgan fingerprint density at radius 3 is 0.872 bits per heavy atom. The summed E-state index contributed by atoms with van der Waals surface area (Å²) in [6, 6.07) is 48.1. The molecule has 0 radical (unpaired) electrons. The minimum atomic E-state index is -0.172. The third-order valence-electron chi connectivity index (χ3n) is 18.1. The molecular weight excluding hydrogens is 961 g/mol. The second-order valence-electron chi connectivity index (χ2n) is 31.4. The molecule has 3 heteroatoms. The van der Waals surface area contributed by atoms with Crippen LogP contribution in [-0.4, -0.2) is 0 Å². The predicted octanol–water partition coefficient (Wildman–Crippen LogP) is 22.4. The lowest BCUT2D eigenvalue weighted by Gasteiger charge is -2.43. The molecule has 0 bridgehead atoms. The summed E-state index contributed by atoms with van der Waals surface area (Å²) in [5.74, 6) is 0. The summed E-state index contributed by atoms with van der Waals surface area (Å²) in [7, 11) is 0. The van der Waals surface area contributed by atoms with Crippen molar-refractivity contribution in [2.45, 2.75) is 215 Å². The molecule has 1 aliphatic carbocycles. The van der Waals surface area contributed by atoms with Crippen LogP contribution in [0.2, 0.25) is 0 Å². The summed E-state index contributed by atoms with van der Waals surface area (Å²) in [6.07, 6.45) is 0. The van der Waals surface area contributed by atoms with Crippen LogP contribution < -0.4 is 9.80 Å². The molecule has 1 aromatic heterocycles. The first-order valence-corrected chi connectivity index (χ1v) is 29.9. The lowest BCUT2D eigenvalue weighted by molar-refractivity contribution is 0.567. The van der Waals surface area contributed by atoms with Crippen LogP contribution in [0.25, 0.3) is 20.2 Å². The van der Waals surface area contributed by atoms with Crippen LogP contribution >= 0.6 is 11.3 Å². The van der Waals surface area contributed by atoms with Crippen LogP contribution in [-0.2, 0) is 48.7 Å². The van der Waals surface area contributed by atoms with Gasteiger partial charge in [-0.15, -0.1) is 11.3 Å². The van der Waals surface area contributed by atoms with Gasteiger partial charge in [0.25, 0.3) is 0 Å². The van der Waals surface area contributed by atoms with Gasteiger partial charge in [-0.25, -0.2) is 0 Å². The largest absolute Gasteiger partial charge is 0.310 e. The zero-order chi connectivity index (χ0) is 57.2. The molecule has 0 saturated heterocycles. The van der Waals surface area contributed by atoms with Crippen molar-refractivity contribution in [1.82, 2.24) is 0 Å². The Morgan fingerprint density at radius 1 is 0.295 bits per heavy atom. The molecule has 3 heterocycles. The van der Waals surface area contributed by atoms with Gasteiger partial charge < -0.3 is 9.80 Å². The van der Waals surface area contributed by atoms with E-state index in [-0.39, 0.29) is 43.3 Å². The van der Waals surface area contributed by atoms with Crippen molar-refractivity contribution in [3.8, 4) is 0 Å². The number of nitrogens with zero attached hydrogens (tertiary/aromatic N) is 2. The summed E-state index contributed by atoms with van der Waals surface area (Å²) in [5, 5.41) is 2.60. The molecule has 0 amide bonds. The van der Waals surface area contributed by atoms with E-state index in [1.165, 1.54) is 104 Å². The Bertz CT molecular complexity index is 3380. The zero-order valence-electron chi connectivity index (χ0n) is 52.3. The summed E-state index contributed by atoms with van der Waals surface area (Å²) < 4.78 is 2.62. The predicted molar refractivity (Wildman–Crippen MR) is 344 cm³/mol. The fourth-order valence-electron chi connectivity index (χ4n) is 12.6. The van der Waals surface area contributed by atoms with E-state index in [4.69, 9.17) is 0 Å². The lowest BCUT2D eigenvalue weighted by Crippen LogP contribution is -2.32. The van der Waals surface area contributed by atoms with E-state index in [9.17, 15) is 0 Å². The van der Waals surface area contributed by atoms with Crippen molar-refractivity contribution in [3.05, 3.63) is 188 Å². The number of rotatable bonds is 2. The highest BCUT2D eigenvalue weighted by Crippen LogP contribution is 2.58. The Hall–Kier alpha value is -5.64. The van der Waals surface area contributed by atoms with Crippen LogP contribution in [0.1, 0.15) is 233 Å². The maximum atomic E-state index is 2.54. The van der Waals surface area contributed by atoms with Crippen molar-refractivity contribution in [3.63, 3.8) is 0 Å². The van der Waals surface area contributed by atoms with Gasteiger partial charge in [0.2, 0.25) is 0 Å². The quantitative estimate of drug-likeness (QED) is 0.170. The monoisotopic (exact) mass is 1050 g/mol. The maximum Gasteiger partial charge on any atom is 0.0502 e. The molecule has 0 unspecified atom stereocenters. The molecule has 2 aliphatic heterocycles. The summed E-state index contributed by atoms with van der Waals surface area (Å²) in [6.45, 7) is 56.2. The molecule has 408 valence electrons. The fraction of sp³-hybridized carbons (Fsp3) is 0.440. The molecule has 2 nitrogen and oxygen atoms in total. The van der Waals surface area contributed by atoms with Crippen molar-refractivity contribution in [2.24, 2.45) is 0 Å². The number of fused-ring (bicyclic) bond motifs is 8. The van der Waals surface area contributed by atoms with E-state index in [0.29, 0.717) is 5.41 Å². The Labute approximate surface area is 475 Å². The SMILES string of the molecule is CC(C)(C)c1cc(C(C)(C)C)c2c(c1)C2(C)C.CC(C)(C)c1ccc2c(c1)C(C)(C)c1cc(C(C)(C)C)ccc1N2c1ccc2sc3ccc(N4c5ccc(C(C)(C)C)cc5C(C)(C)c5cc(C(C)(C)C)ccc54)cc3c2c1. The van der Waals surface area contributed by atoms with Crippen molar-refractivity contribution in [1.29, 1.82) is 0 Å². The van der Waals surface area contributed by atoms with Gasteiger partial charge in [-0.05, 0) is 160 Å². The van der Waals surface area contributed by atoms with Gasteiger partial charge in [-0.2, -0.15) is 0 Å². The molecule has 8 aromatic rings. The first-order chi connectivity index (χ1) is 35.7. The Morgan fingerprint density at radius 2 is 0.590 bits per heavy atom. The van der Waals surface area contributed by atoms with E-state index in [1.54, 1.807) is 16.7 Å². The summed E-state index contributed by atoms with van der Waals surface area (Å²) in [5.41, 5.74) is 25.3. The van der Waals surface area contributed by atoms with Crippen LogP contribution in [0.5, 0.6) is 0 Å². The van der Waals surface area contributed by atoms with Crippen molar-refractivity contribution < 1.29 is 0 Å². The van der Waals surface area contributed by atoms with Gasteiger partial charge in [0.15, 0.2) is 0 Å². The Kier molecular flexibility index (Phi) is 12.6. The zero-order valence-corrected chi connectivity index (χ0v) is 53.2. The molecule has 11 rings (SSSR count). The molecule has 7 aromatic carbocycles. The molecule has 0 fully saturated rings. The van der Waals surface area contributed by atoms with E-state index < -0.39 is 0 Å². The number of hydrogen-bond donors (Lipinski definition) is 0. The highest BCUT2D eigenvalue weighted by atomic mass is 32.1. The first-order valence-electron chi connectivity index (χ1n) is 29.1. The maximum absolute atomic E-state index is 2.54. The molecule has 0 spiro atoms. The molecular formula is C75H92N2S. The van der Waals surface area contributed by atoms with Crippen LogP contribution in [0.4, 0.5) is 34.1 Å². The summed E-state index contributed by atoms with van der Waals surface area (Å²) >= 11 is 1.90.